The van der Waals surface area contributed by atoms with Crippen molar-refractivity contribution in [2.75, 3.05) is 23.9 Å². The molecule has 0 saturated heterocycles. The lowest BCUT2D eigenvalue weighted by atomic mass is 10.2. The highest BCUT2D eigenvalue weighted by molar-refractivity contribution is 9.10. The van der Waals surface area contributed by atoms with E-state index in [9.17, 15) is 9.59 Å². The van der Waals surface area contributed by atoms with E-state index in [4.69, 9.17) is 17.0 Å². The Balaban J connectivity index is 2.03. The first-order chi connectivity index (χ1) is 12.8. The van der Waals surface area contributed by atoms with Crippen LogP contribution in [0.5, 0.6) is 5.75 Å². The van der Waals surface area contributed by atoms with Crippen LogP contribution in [0.2, 0.25) is 0 Å². The lowest BCUT2D eigenvalue weighted by Gasteiger charge is -2.17. The molecule has 6 nitrogen and oxygen atoms in total. The third-order valence-electron chi connectivity index (χ3n) is 3.68. The van der Waals surface area contributed by atoms with E-state index in [1.54, 1.807) is 43.4 Å². The molecule has 0 saturated carbocycles. The molecule has 2 amide bonds. The number of hydrogen-bond acceptors (Lipinski definition) is 4. The van der Waals surface area contributed by atoms with Gasteiger partial charge in [-0.15, -0.1) is 0 Å². The minimum Gasteiger partial charge on any atom is -0.493 e. The number of carbonyl (C=O) groups excluding carboxylic acids is 2. The number of benzene rings is 2. The second-order valence-electron chi connectivity index (χ2n) is 5.61. The van der Waals surface area contributed by atoms with Gasteiger partial charge in [0, 0.05) is 30.9 Å². The van der Waals surface area contributed by atoms with Gasteiger partial charge in [0.15, 0.2) is 5.11 Å². The fourth-order valence-electron chi connectivity index (χ4n) is 2.23. The molecule has 0 atom stereocenters. The Morgan fingerprint density at radius 3 is 2.59 bits per heavy atom. The molecular weight excluding hydrogens is 430 g/mol. The molecule has 0 aliphatic carbocycles. The van der Waals surface area contributed by atoms with E-state index in [0.29, 0.717) is 28.1 Å². The molecule has 2 N–H and O–H groups in total. The van der Waals surface area contributed by atoms with Gasteiger partial charge < -0.3 is 15.0 Å². The summed E-state index contributed by atoms with van der Waals surface area (Å²) in [6.45, 7) is 3.91. The van der Waals surface area contributed by atoms with Crippen molar-refractivity contribution in [1.82, 2.24) is 5.32 Å². The number of rotatable bonds is 5. The molecular formula is C19H20BrN3O3S. The van der Waals surface area contributed by atoms with Crippen molar-refractivity contribution >= 4 is 56.4 Å². The van der Waals surface area contributed by atoms with Crippen molar-refractivity contribution in [3.8, 4) is 5.75 Å². The van der Waals surface area contributed by atoms with Gasteiger partial charge in [-0.25, -0.2) is 0 Å². The van der Waals surface area contributed by atoms with Gasteiger partial charge in [0.05, 0.1) is 11.1 Å². The molecule has 0 unspecified atom stereocenters. The standard InChI is InChI=1S/C19H20BrN3O3S/c1-4-26-17-9-8-13(10-16(17)20)18(25)22-19(27)21-14-6-5-7-15(11-14)23(3)12(2)24/h5-11H,4H2,1-3H3,(H2,21,22,25,27). The molecule has 2 rings (SSSR count). The van der Waals surface area contributed by atoms with Gasteiger partial charge in [-0.2, -0.15) is 0 Å². The number of hydrogen-bond donors (Lipinski definition) is 2. The highest BCUT2D eigenvalue weighted by atomic mass is 79.9. The van der Waals surface area contributed by atoms with Crippen LogP contribution in [0.25, 0.3) is 0 Å². The van der Waals surface area contributed by atoms with Crippen molar-refractivity contribution in [1.29, 1.82) is 0 Å². The summed E-state index contributed by atoms with van der Waals surface area (Å²) in [7, 11) is 1.69. The molecule has 2 aromatic carbocycles. The van der Waals surface area contributed by atoms with E-state index < -0.39 is 0 Å². The molecule has 0 aliphatic heterocycles. The summed E-state index contributed by atoms with van der Waals surface area (Å²) in [6, 6.07) is 12.2. The average molecular weight is 450 g/mol. The lowest BCUT2D eigenvalue weighted by molar-refractivity contribution is -0.116. The van der Waals surface area contributed by atoms with Crippen LogP contribution < -0.4 is 20.3 Å². The number of amides is 2. The number of anilines is 2. The van der Waals surface area contributed by atoms with Crippen LogP contribution >= 0.6 is 28.1 Å². The van der Waals surface area contributed by atoms with Gasteiger partial charge in [-0.3, -0.25) is 14.9 Å². The number of nitrogens with one attached hydrogen (secondary N) is 2. The van der Waals surface area contributed by atoms with Gasteiger partial charge in [0.2, 0.25) is 5.91 Å². The number of thiocarbonyl (C=S) groups is 1. The summed E-state index contributed by atoms with van der Waals surface area (Å²) in [4.78, 5) is 25.4. The van der Waals surface area contributed by atoms with E-state index in [0.717, 1.165) is 5.69 Å². The van der Waals surface area contributed by atoms with Crippen LogP contribution in [0.15, 0.2) is 46.9 Å². The van der Waals surface area contributed by atoms with Gasteiger partial charge in [-0.1, -0.05) is 6.07 Å². The largest absolute Gasteiger partial charge is 0.493 e. The highest BCUT2D eigenvalue weighted by Gasteiger charge is 2.12. The number of halogens is 1. The Labute approximate surface area is 172 Å². The molecule has 27 heavy (non-hydrogen) atoms. The van der Waals surface area contributed by atoms with Crippen molar-refractivity contribution in [3.63, 3.8) is 0 Å². The predicted molar refractivity (Wildman–Crippen MR) is 115 cm³/mol. The molecule has 0 spiro atoms. The van der Waals surface area contributed by atoms with Crippen molar-refractivity contribution in [2.24, 2.45) is 0 Å². The van der Waals surface area contributed by atoms with Crippen LogP contribution in [0, 0.1) is 0 Å². The minimum atomic E-state index is -0.340. The predicted octanol–water partition coefficient (Wildman–Crippen LogP) is 3.96. The highest BCUT2D eigenvalue weighted by Crippen LogP contribution is 2.26. The van der Waals surface area contributed by atoms with E-state index in [1.165, 1.54) is 11.8 Å². The summed E-state index contributed by atoms with van der Waals surface area (Å²) in [6.07, 6.45) is 0. The first-order valence-electron chi connectivity index (χ1n) is 8.21. The van der Waals surface area contributed by atoms with Gasteiger partial charge in [0.25, 0.3) is 5.91 Å². The van der Waals surface area contributed by atoms with Crippen LogP contribution in [0.4, 0.5) is 11.4 Å². The van der Waals surface area contributed by atoms with Crippen LogP contribution in [-0.4, -0.2) is 30.6 Å². The van der Waals surface area contributed by atoms with E-state index in [2.05, 4.69) is 26.6 Å². The minimum absolute atomic E-state index is 0.0795. The Morgan fingerprint density at radius 2 is 1.96 bits per heavy atom. The van der Waals surface area contributed by atoms with Crippen molar-refractivity contribution in [2.45, 2.75) is 13.8 Å². The average Bonchev–Trinajstić information content (AvgIpc) is 2.62. The monoisotopic (exact) mass is 449 g/mol. The molecule has 8 heteroatoms. The fraction of sp³-hybridized carbons (Fsp3) is 0.211. The second-order valence-corrected chi connectivity index (χ2v) is 6.88. The Morgan fingerprint density at radius 1 is 1.22 bits per heavy atom. The van der Waals surface area contributed by atoms with Crippen LogP contribution in [0.3, 0.4) is 0 Å². The van der Waals surface area contributed by atoms with Crippen molar-refractivity contribution < 1.29 is 14.3 Å². The van der Waals surface area contributed by atoms with Gasteiger partial charge in [0.1, 0.15) is 5.75 Å². The summed E-state index contributed by atoms with van der Waals surface area (Å²) in [5.41, 5.74) is 1.83. The second kappa shape index (κ2) is 9.48. The van der Waals surface area contributed by atoms with Crippen LogP contribution in [-0.2, 0) is 4.79 Å². The third-order valence-corrected chi connectivity index (χ3v) is 4.51. The number of carbonyl (C=O) groups is 2. The Hall–Kier alpha value is -2.45. The SMILES string of the molecule is CCOc1ccc(C(=O)NC(=S)Nc2cccc(N(C)C(C)=O)c2)cc1Br. The fourth-order valence-corrected chi connectivity index (χ4v) is 2.93. The normalized spacial score (nSPS) is 10.1. The summed E-state index contributed by atoms with van der Waals surface area (Å²) in [5.74, 6) is 0.249. The maximum Gasteiger partial charge on any atom is 0.257 e. The molecule has 2 aromatic rings. The van der Waals surface area contributed by atoms with Gasteiger partial charge >= 0.3 is 0 Å². The van der Waals surface area contributed by atoms with E-state index >= 15 is 0 Å². The topological polar surface area (TPSA) is 70.7 Å². The van der Waals surface area contributed by atoms with Crippen LogP contribution in [0.1, 0.15) is 24.2 Å². The lowest BCUT2D eigenvalue weighted by Crippen LogP contribution is -2.34. The number of nitrogens with zero attached hydrogens (tertiary/aromatic N) is 1. The molecule has 142 valence electrons. The third kappa shape index (κ3) is 5.77. The molecule has 0 heterocycles. The summed E-state index contributed by atoms with van der Waals surface area (Å²) in [5, 5.41) is 5.74. The number of ether oxygens (including phenoxy) is 1. The zero-order chi connectivity index (χ0) is 20.0. The van der Waals surface area contributed by atoms with Crippen molar-refractivity contribution in [3.05, 3.63) is 52.5 Å². The van der Waals surface area contributed by atoms with Gasteiger partial charge in [-0.05, 0) is 71.5 Å². The first kappa shape index (κ1) is 20.9. The Bertz CT molecular complexity index is 873. The Kier molecular flexibility index (Phi) is 7.32. The summed E-state index contributed by atoms with van der Waals surface area (Å²) >= 11 is 8.60. The molecule has 0 aromatic heterocycles. The van der Waals surface area contributed by atoms with E-state index in [1.807, 2.05) is 13.0 Å². The molecule has 0 radical (unpaired) electrons. The maximum absolute atomic E-state index is 12.4. The maximum atomic E-state index is 12.4. The van der Waals surface area contributed by atoms with E-state index in [-0.39, 0.29) is 16.9 Å². The molecule has 0 fully saturated rings. The zero-order valence-electron chi connectivity index (χ0n) is 15.2. The smallest absolute Gasteiger partial charge is 0.257 e. The quantitative estimate of drug-likeness (QED) is 0.675. The molecule has 0 aliphatic rings. The molecule has 0 bridgehead atoms. The first-order valence-corrected chi connectivity index (χ1v) is 9.41. The zero-order valence-corrected chi connectivity index (χ0v) is 17.6. The summed E-state index contributed by atoms with van der Waals surface area (Å²) < 4.78 is 6.12.